The molecule has 0 aromatic heterocycles. The van der Waals surface area contributed by atoms with Gasteiger partial charge in [-0.1, -0.05) is 6.92 Å². The van der Waals surface area contributed by atoms with Crippen molar-refractivity contribution in [2.45, 2.75) is 31.1 Å². The van der Waals surface area contributed by atoms with E-state index in [4.69, 9.17) is 10.5 Å². The number of carbonyl (C=O) groups excluding carboxylic acids is 1. The molecule has 25 heavy (non-hydrogen) atoms. The number of sulfonamides is 1. The second-order valence-corrected chi connectivity index (χ2v) is 8.04. The fourth-order valence-corrected chi connectivity index (χ4v) is 4.32. The average Bonchev–Trinajstić information content (AvgIpc) is 2.64. The van der Waals surface area contributed by atoms with E-state index < -0.39 is 10.0 Å². The average molecular weight is 369 g/mol. The fourth-order valence-electron chi connectivity index (χ4n) is 2.79. The zero-order chi connectivity index (χ0) is 18.3. The van der Waals surface area contributed by atoms with Gasteiger partial charge in [0.1, 0.15) is 5.75 Å². The molecular formula is C17H27N3O4S. The van der Waals surface area contributed by atoms with Crippen LogP contribution in [0.2, 0.25) is 0 Å². The maximum Gasteiger partial charge on any atom is 0.243 e. The molecule has 8 heteroatoms. The summed E-state index contributed by atoms with van der Waals surface area (Å²) in [5.74, 6) is 0.189. The number of piperidine rings is 1. The molecule has 7 nitrogen and oxygen atoms in total. The number of hydrogen-bond acceptors (Lipinski definition) is 5. The van der Waals surface area contributed by atoms with Crippen molar-refractivity contribution in [3.05, 3.63) is 24.3 Å². The first-order chi connectivity index (χ1) is 12.0. The summed E-state index contributed by atoms with van der Waals surface area (Å²) < 4.78 is 32.5. The number of nitrogens with two attached hydrogens (primary N) is 1. The van der Waals surface area contributed by atoms with E-state index in [0.717, 1.165) is 6.42 Å². The summed E-state index contributed by atoms with van der Waals surface area (Å²) in [7, 11) is -3.61. The molecule has 0 spiro atoms. The van der Waals surface area contributed by atoms with Gasteiger partial charge in [-0.15, -0.1) is 0 Å². The van der Waals surface area contributed by atoms with E-state index in [1.165, 1.54) is 4.31 Å². The summed E-state index contributed by atoms with van der Waals surface area (Å²) in [6, 6.07) is 6.44. The maximum atomic E-state index is 12.8. The van der Waals surface area contributed by atoms with E-state index in [9.17, 15) is 13.2 Å². The minimum absolute atomic E-state index is 0.131. The molecule has 1 amide bonds. The highest BCUT2D eigenvalue weighted by molar-refractivity contribution is 7.89. The van der Waals surface area contributed by atoms with Gasteiger partial charge < -0.3 is 15.8 Å². The van der Waals surface area contributed by atoms with Crippen LogP contribution in [0.1, 0.15) is 26.2 Å². The molecule has 1 aromatic rings. The number of rotatable bonds is 8. The van der Waals surface area contributed by atoms with E-state index in [1.807, 2.05) is 6.92 Å². The Balaban J connectivity index is 2.06. The number of hydrogen-bond donors (Lipinski definition) is 2. The van der Waals surface area contributed by atoms with E-state index in [1.54, 1.807) is 24.3 Å². The summed E-state index contributed by atoms with van der Waals surface area (Å²) in [6.45, 7) is 4.01. The molecule has 0 bridgehead atoms. The predicted octanol–water partition coefficient (Wildman–Crippen LogP) is 0.951. The van der Waals surface area contributed by atoms with Gasteiger partial charge >= 0.3 is 0 Å². The van der Waals surface area contributed by atoms with Crippen molar-refractivity contribution in [2.24, 2.45) is 11.7 Å². The lowest BCUT2D eigenvalue weighted by molar-refractivity contribution is -0.126. The highest BCUT2D eigenvalue weighted by atomic mass is 32.2. The summed E-state index contributed by atoms with van der Waals surface area (Å²) >= 11 is 0. The van der Waals surface area contributed by atoms with Gasteiger partial charge in [0.2, 0.25) is 15.9 Å². The Morgan fingerprint density at radius 2 is 2.08 bits per heavy atom. The van der Waals surface area contributed by atoms with Gasteiger partial charge in [0.15, 0.2) is 0 Å². The highest BCUT2D eigenvalue weighted by Crippen LogP contribution is 2.25. The zero-order valence-corrected chi connectivity index (χ0v) is 15.4. The third kappa shape index (κ3) is 5.17. The van der Waals surface area contributed by atoms with Crippen LogP contribution in [0.4, 0.5) is 0 Å². The Bertz CT molecular complexity index is 661. The molecule has 1 atom stereocenters. The summed E-state index contributed by atoms with van der Waals surface area (Å²) in [5, 5.41) is 2.74. The minimum Gasteiger partial charge on any atom is -0.494 e. The molecule has 0 saturated carbocycles. The van der Waals surface area contributed by atoms with Gasteiger partial charge in [0.05, 0.1) is 17.4 Å². The quantitative estimate of drug-likeness (QED) is 0.710. The lowest BCUT2D eigenvalue weighted by atomic mass is 9.99. The van der Waals surface area contributed by atoms with E-state index in [2.05, 4.69) is 5.32 Å². The third-order valence-corrected chi connectivity index (χ3v) is 6.01. The molecule has 1 unspecified atom stereocenters. The minimum atomic E-state index is -3.61. The molecule has 1 fully saturated rings. The van der Waals surface area contributed by atoms with E-state index in [0.29, 0.717) is 44.8 Å². The molecule has 140 valence electrons. The van der Waals surface area contributed by atoms with Crippen molar-refractivity contribution in [1.82, 2.24) is 9.62 Å². The SMILES string of the molecule is CCCOc1ccc(S(=O)(=O)N2CCCC(C(=O)NCCN)C2)cc1. The van der Waals surface area contributed by atoms with Gasteiger partial charge in [-0.25, -0.2) is 8.42 Å². The van der Waals surface area contributed by atoms with Gasteiger partial charge in [0, 0.05) is 26.2 Å². The normalized spacial score (nSPS) is 18.7. The van der Waals surface area contributed by atoms with Crippen molar-refractivity contribution in [3.63, 3.8) is 0 Å². The maximum absolute atomic E-state index is 12.8. The molecule has 0 aliphatic carbocycles. The molecule has 3 N–H and O–H groups in total. The van der Waals surface area contributed by atoms with Crippen LogP contribution in [0.3, 0.4) is 0 Å². The van der Waals surface area contributed by atoms with Crippen LogP contribution in [0.5, 0.6) is 5.75 Å². The van der Waals surface area contributed by atoms with Crippen LogP contribution in [0.15, 0.2) is 29.2 Å². The van der Waals surface area contributed by atoms with Gasteiger partial charge in [0.25, 0.3) is 0 Å². The topological polar surface area (TPSA) is 102 Å². The van der Waals surface area contributed by atoms with Gasteiger partial charge in [-0.2, -0.15) is 4.31 Å². The molecule has 1 aromatic carbocycles. The van der Waals surface area contributed by atoms with Crippen LogP contribution in [0.25, 0.3) is 0 Å². The van der Waals surface area contributed by atoms with Crippen molar-refractivity contribution in [1.29, 1.82) is 0 Å². The first-order valence-electron chi connectivity index (χ1n) is 8.69. The lowest BCUT2D eigenvalue weighted by Gasteiger charge is -2.31. The lowest BCUT2D eigenvalue weighted by Crippen LogP contribution is -2.46. The second-order valence-electron chi connectivity index (χ2n) is 6.10. The number of amides is 1. The molecule has 1 aliphatic rings. The van der Waals surface area contributed by atoms with E-state index >= 15 is 0 Å². The van der Waals surface area contributed by atoms with E-state index in [-0.39, 0.29) is 23.3 Å². The van der Waals surface area contributed by atoms with Crippen LogP contribution < -0.4 is 15.8 Å². The van der Waals surface area contributed by atoms with Crippen molar-refractivity contribution < 1.29 is 17.9 Å². The number of carbonyl (C=O) groups is 1. The Labute approximate surface area is 149 Å². The first-order valence-corrected chi connectivity index (χ1v) is 10.1. The van der Waals surface area contributed by atoms with Crippen LogP contribution in [0, 0.1) is 5.92 Å². The van der Waals surface area contributed by atoms with Crippen LogP contribution >= 0.6 is 0 Å². The molecule has 2 rings (SSSR count). The van der Waals surface area contributed by atoms with Crippen LogP contribution in [-0.4, -0.2) is 51.4 Å². The summed E-state index contributed by atoms with van der Waals surface area (Å²) in [5.41, 5.74) is 5.39. The number of ether oxygens (including phenoxy) is 1. The Kier molecular flexibility index (Phi) is 7.22. The monoisotopic (exact) mass is 369 g/mol. The number of benzene rings is 1. The van der Waals surface area contributed by atoms with Gasteiger partial charge in [-0.05, 0) is 43.5 Å². The zero-order valence-electron chi connectivity index (χ0n) is 14.6. The number of nitrogens with one attached hydrogen (secondary N) is 1. The number of nitrogens with zero attached hydrogens (tertiary/aromatic N) is 1. The second kappa shape index (κ2) is 9.17. The molecule has 1 saturated heterocycles. The van der Waals surface area contributed by atoms with Crippen LogP contribution in [-0.2, 0) is 14.8 Å². The Morgan fingerprint density at radius 1 is 1.36 bits per heavy atom. The molecule has 1 aliphatic heterocycles. The standard InChI is InChI=1S/C17H27N3O4S/c1-2-12-24-15-5-7-16(8-6-15)25(22,23)20-11-3-4-14(13-20)17(21)19-10-9-18/h5-8,14H,2-4,9-13,18H2,1H3,(H,19,21). The Morgan fingerprint density at radius 3 is 2.72 bits per heavy atom. The van der Waals surface area contributed by atoms with Crippen molar-refractivity contribution in [3.8, 4) is 5.75 Å². The smallest absolute Gasteiger partial charge is 0.243 e. The summed E-state index contributed by atoms with van der Waals surface area (Å²) in [4.78, 5) is 12.3. The van der Waals surface area contributed by atoms with Crippen molar-refractivity contribution in [2.75, 3.05) is 32.8 Å². The predicted molar refractivity (Wildman–Crippen MR) is 95.8 cm³/mol. The largest absolute Gasteiger partial charge is 0.494 e. The Hall–Kier alpha value is -1.64. The highest BCUT2D eigenvalue weighted by Gasteiger charge is 2.33. The van der Waals surface area contributed by atoms with Gasteiger partial charge in [-0.3, -0.25) is 4.79 Å². The molecular weight excluding hydrogens is 342 g/mol. The molecule has 1 heterocycles. The van der Waals surface area contributed by atoms with Crippen molar-refractivity contribution >= 4 is 15.9 Å². The third-order valence-electron chi connectivity index (χ3n) is 4.13. The fraction of sp³-hybridized carbons (Fsp3) is 0.588. The summed E-state index contributed by atoms with van der Waals surface area (Å²) in [6.07, 6.45) is 2.24. The first kappa shape index (κ1) is 19.7. The molecule has 0 radical (unpaired) electrons.